The lowest BCUT2D eigenvalue weighted by molar-refractivity contribution is -0.136. The molecule has 0 aromatic rings. The van der Waals surface area contributed by atoms with E-state index >= 15 is 0 Å². The second-order valence-electron chi connectivity index (χ2n) is 5.46. The smallest absolute Gasteiger partial charge is 0.246 e. The molecular weight excluding hydrogens is 204 g/mol. The maximum Gasteiger partial charge on any atom is 0.246 e. The standard InChI is InChI=1S/C12H22N2O2/c1-9(10-3-4-10)5-14-11(15)6-16-12(2)7-13-8-12/h9-10,13H,3-8H2,1-2H3,(H,14,15). The number of ether oxygens (including phenoxy) is 1. The van der Waals surface area contributed by atoms with Gasteiger partial charge in [0.1, 0.15) is 6.61 Å². The quantitative estimate of drug-likeness (QED) is 0.694. The van der Waals surface area contributed by atoms with Crippen LogP contribution in [0.5, 0.6) is 0 Å². The average molecular weight is 226 g/mol. The Labute approximate surface area is 97.1 Å². The molecule has 2 aliphatic rings. The van der Waals surface area contributed by atoms with Crippen LogP contribution in [0.3, 0.4) is 0 Å². The zero-order valence-electron chi connectivity index (χ0n) is 10.2. The average Bonchev–Trinajstić information content (AvgIpc) is 3.03. The number of carbonyl (C=O) groups excluding carboxylic acids is 1. The van der Waals surface area contributed by atoms with Crippen molar-refractivity contribution in [3.05, 3.63) is 0 Å². The van der Waals surface area contributed by atoms with Gasteiger partial charge in [-0.3, -0.25) is 4.79 Å². The van der Waals surface area contributed by atoms with Crippen molar-refractivity contribution < 1.29 is 9.53 Å². The molecule has 1 unspecified atom stereocenters. The van der Waals surface area contributed by atoms with E-state index in [1.165, 1.54) is 12.8 Å². The van der Waals surface area contributed by atoms with Gasteiger partial charge in [0.2, 0.25) is 5.91 Å². The molecule has 1 aliphatic heterocycles. The molecule has 1 amide bonds. The van der Waals surface area contributed by atoms with Gasteiger partial charge in [-0.25, -0.2) is 0 Å². The van der Waals surface area contributed by atoms with E-state index < -0.39 is 0 Å². The Hall–Kier alpha value is -0.610. The van der Waals surface area contributed by atoms with E-state index in [-0.39, 0.29) is 18.1 Å². The molecule has 2 N–H and O–H groups in total. The van der Waals surface area contributed by atoms with Crippen molar-refractivity contribution in [2.75, 3.05) is 26.2 Å². The highest BCUT2D eigenvalue weighted by atomic mass is 16.5. The summed E-state index contributed by atoms with van der Waals surface area (Å²) in [5.41, 5.74) is -0.126. The summed E-state index contributed by atoms with van der Waals surface area (Å²) in [4.78, 5) is 11.5. The summed E-state index contributed by atoms with van der Waals surface area (Å²) in [6.07, 6.45) is 2.66. The van der Waals surface area contributed by atoms with Gasteiger partial charge in [-0.05, 0) is 31.6 Å². The largest absolute Gasteiger partial charge is 0.363 e. The van der Waals surface area contributed by atoms with Crippen molar-refractivity contribution in [2.24, 2.45) is 11.8 Å². The fourth-order valence-corrected chi connectivity index (χ4v) is 1.98. The summed E-state index contributed by atoms with van der Waals surface area (Å²) in [5.74, 6) is 1.47. The molecule has 0 radical (unpaired) electrons. The first-order valence-corrected chi connectivity index (χ1v) is 6.20. The van der Waals surface area contributed by atoms with Crippen LogP contribution < -0.4 is 10.6 Å². The molecule has 2 rings (SSSR count). The van der Waals surface area contributed by atoms with Crippen molar-refractivity contribution >= 4 is 5.91 Å². The third-order valence-corrected chi connectivity index (χ3v) is 3.60. The number of nitrogens with one attached hydrogen (secondary N) is 2. The summed E-state index contributed by atoms with van der Waals surface area (Å²) >= 11 is 0. The van der Waals surface area contributed by atoms with E-state index in [1.54, 1.807) is 0 Å². The van der Waals surface area contributed by atoms with Crippen molar-refractivity contribution in [3.8, 4) is 0 Å². The van der Waals surface area contributed by atoms with Crippen LogP contribution in [-0.4, -0.2) is 37.7 Å². The molecule has 0 aromatic carbocycles. The monoisotopic (exact) mass is 226 g/mol. The highest BCUT2D eigenvalue weighted by molar-refractivity contribution is 5.77. The Morgan fingerprint density at radius 1 is 1.56 bits per heavy atom. The van der Waals surface area contributed by atoms with Crippen LogP contribution in [0.25, 0.3) is 0 Å². The third-order valence-electron chi connectivity index (χ3n) is 3.60. The lowest BCUT2D eigenvalue weighted by atomic mass is 10.0. The minimum Gasteiger partial charge on any atom is -0.363 e. The summed E-state index contributed by atoms with van der Waals surface area (Å²) in [6, 6.07) is 0. The van der Waals surface area contributed by atoms with Crippen LogP contribution in [0.2, 0.25) is 0 Å². The van der Waals surface area contributed by atoms with E-state index in [1.807, 2.05) is 6.92 Å². The van der Waals surface area contributed by atoms with Gasteiger partial charge in [-0.15, -0.1) is 0 Å². The topological polar surface area (TPSA) is 50.4 Å². The van der Waals surface area contributed by atoms with Crippen molar-refractivity contribution in [1.82, 2.24) is 10.6 Å². The third kappa shape index (κ3) is 3.19. The molecule has 16 heavy (non-hydrogen) atoms. The Kier molecular flexibility index (Phi) is 3.50. The molecule has 0 spiro atoms. The van der Waals surface area contributed by atoms with Gasteiger partial charge < -0.3 is 15.4 Å². The van der Waals surface area contributed by atoms with Crippen LogP contribution in [0.15, 0.2) is 0 Å². The van der Waals surface area contributed by atoms with Gasteiger partial charge in [0.15, 0.2) is 0 Å². The second kappa shape index (κ2) is 4.72. The number of carbonyl (C=O) groups is 1. The Bertz CT molecular complexity index is 260. The van der Waals surface area contributed by atoms with Crippen LogP contribution >= 0.6 is 0 Å². The van der Waals surface area contributed by atoms with Crippen molar-refractivity contribution in [2.45, 2.75) is 32.3 Å². The van der Waals surface area contributed by atoms with E-state index in [4.69, 9.17) is 4.74 Å². The first-order valence-electron chi connectivity index (χ1n) is 6.20. The second-order valence-corrected chi connectivity index (χ2v) is 5.46. The number of amides is 1. The molecule has 1 saturated carbocycles. The summed E-state index contributed by atoms with van der Waals surface area (Å²) in [6.45, 7) is 6.91. The molecule has 4 heteroatoms. The Morgan fingerprint density at radius 2 is 2.25 bits per heavy atom. The van der Waals surface area contributed by atoms with E-state index in [0.717, 1.165) is 25.6 Å². The maximum atomic E-state index is 11.5. The van der Waals surface area contributed by atoms with Gasteiger partial charge in [-0.2, -0.15) is 0 Å². The van der Waals surface area contributed by atoms with Gasteiger partial charge in [-0.1, -0.05) is 6.92 Å². The molecule has 0 aromatic heterocycles. The van der Waals surface area contributed by atoms with E-state index in [9.17, 15) is 4.79 Å². The lowest BCUT2D eigenvalue weighted by Crippen LogP contribution is -2.59. The molecule has 2 fully saturated rings. The van der Waals surface area contributed by atoms with E-state index in [0.29, 0.717) is 5.92 Å². The minimum atomic E-state index is -0.126. The highest BCUT2D eigenvalue weighted by Crippen LogP contribution is 2.35. The first-order chi connectivity index (χ1) is 7.59. The molecule has 0 bridgehead atoms. The predicted molar refractivity (Wildman–Crippen MR) is 62.1 cm³/mol. The number of rotatable bonds is 6. The summed E-state index contributed by atoms with van der Waals surface area (Å²) in [5, 5.41) is 6.08. The lowest BCUT2D eigenvalue weighted by Gasteiger charge is -2.38. The molecule has 1 saturated heterocycles. The van der Waals surface area contributed by atoms with Crippen LogP contribution in [0, 0.1) is 11.8 Å². The summed E-state index contributed by atoms with van der Waals surface area (Å²) < 4.78 is 5.56. The molecule has 1 heterocycles. The molecule has 1 atom stereocenters. The molecular formula is C12H22N2O2. The Balaban J connectivity index is 1.56. The first kappa shape index (κ1) is 11.9. The number of hydrogen-bond donors (Lipinski definition) is 2. The zero-order chi connectivity index (χ0) is 11.6. The van der Waals surface area contributed by atoms with Gasteiger partial charge in [0.25, 0.3) is 0 Å². The van der Waals surface area contributed by atoms with Crippen molar-refractivity contribution in [1.29, 1.82) is 0 Å². The van der Waals surface area contributed by atoms with Gasteiger partial charge >= 0.3 is 0 Å². The fourth-order valence-electron chi connectivity index (χ4n) is 1.98. The van der Waals surface area contributed by atoms with Crippen molar-refractivity contribution in [3.63, 3.8) is 0 Å². The molecule has 92 valence electrons. The van der Waals surface area contributed by atoms with Crippen LogP contribution in [-0.2, 0) is 9.53 Å². The molecule has 1 aliphatic carbocycles. The van der Waals surface area contributed by atoms with E-state index in [2.05, 4.69) is 17.6 Å². The van der Waals surface area contributed by atoms with Crippen LogP contribution in [0.1, 0.15) is 26.7 Å². The predicted octanol–water partition coefficient (Wildman–Crippen LogP) is 0.527. The molecule has 4 nitrogen and oxygen atoms in total. The van der Waals surface area contributed by atoms with Gasteiger partial charge in [0, 0.05) is 19.6 Å². The minimum absolute atomic E-state index is 0.0145. The Morgan fingerprint density at radius 3 is 2.75 bits per heavy atom. The summed E-state index contributed by atoms with van der Waals surface area (Å²) in [7, 11) is 0. The highest BCUT2D eigenvalue weighted by Gasteiger charge is 2.33. The zero-order valence-corrected chi connectivity index (χ0v) is 10.2. The SMILES string of the molecule is CC(CNC(=O)COC1(C)CNC1)C1CC1. The van der Waals surface area contributed by atoms with Crippen LogP contribution in [0.4, 0.5) is 0 Å². The van der Waals surface area contributed by atoms with Gasteiger partial charge in [0.05, 0.1) is 5.60 Å². The normalized spacial score (nSPS) is 24.6. The number of hydrogen-bond acceptors (Lipinski definition) is 3. The maximum absolute atomic E-state index is 11.5. The fraction of sp³-hybridized carbons (Fsp3) is 0.917.